The maximum atomic E-state index is 9.45. The zero-order chi connectivity index (χ0) is 7.35. The van der Waals surface area contributed by atoms with Gasteiger partial charge >= 0.3 is 0 Å². The van der Waals surface area contributed by atoms with Crippen LogP contribution in [0.4, 0.5) is 0 Å². The molecule has 0 aromatic rings. The van der Waals surface area contributed by atoms with Crippen molar-refractivity contribution in [2.24, 2.45) is 17.3 Å². The maximum Gasteiger partial charge on any atom is 0.0574 e. The molecular weight excluding hydrogens is 124 g/mol. The summed E-state index contributed by atoms with van der Waals surface area (Å²) in [6.07, 6.45) is 3.67. The molecule has 1 heteroatoms. The van der Waals surface area contributed by atoms with E-state index >= 15 is 0 Å². The van der Waals surface area contributed by atoms with Gasteiger partial charge in [0.25, 0.3) is 0 Å². The van der Waals surface area contributed by atoms with E-state index in [0.717, 1.165) is 12.3 Å². The topological polar surface area (TPSA) is 20.2 Å². The van der Waals surface area contributed by atoms with Crippen LogP contribution in [0.5, 0.6) is 0 Å². The zero-order valence-electron chi connectivity index (χ0n) is 6.80. The van der Waals surface area contributed by atoms with Crippen molar-refractivity contribution < 1.29 is 5.11 Å². The second-order valence-electron chi connectivity index (χ2n) is 4.30. The lowest BCUT2D eigenvalue weighted by Gasteiger charge is -2.15. The molecule has 2 aliphatic rings. The first-order chi connectivity index (χ1) is 4.67. The Morgan fingerprint density at radius 3 is 2.40 bits per heavy atom. The van der Waals surface area contributed by atoms with Crippen LogP contribution in [0.25, 0.3) is 0 Å². The second-order valence-corrected chi connectivity index (χ2v) is 4.30. The summed E-state index contributed by atoms with van der Waals surface area (Å²) in [6.45, 7) is 4.58. The van der Waals surface area contributed by atoms with Crippen LogP contribution in [0.1, 0.15) is 33.1 Å². The summed E-state index contributed by atoms with van der Waals surface area (Å²) in [7, 11) is 0. The van der Waals surface area contributed by atoms with Gasteiger partial charge in [-0.1, -0.05) is 13.8 Å². The Labute approximate surface area is 62.4 Å². The Bertz CT molecular complexity index is 153. The van der Waals surface area contributed by atoms with Crippen molar-refractivity contribution in [1.82, 2.24) is 0 Å². The average molecular weight is 140 g/mol. The predicted octanol–water partition coefficient (Wildman–Crippen LogP) is 1.80. The van der Waals surface area contributed by atoms with Gasteiger partial charge in [0, 0.05) is 0 Å². The average Bonchev–Trinajstić information content (AvgIpc) is 2.52. The summed E-state index contributed by atoms with van der Waals surface area (Å²) in [5.41, 5.74) is 0.583. The Kier molecular flexibility index (Phi) is 1.17. The van der Waals surface area contributed by atoms with Gasteiger partial charge in [0.15, 0.2) is 0 Å². The van der Waals surface area contributed by atoms with Crippen molar-refractivity contribution in [1.29, 1.82) is 0 Å². The summed E-state index contributed by atoms with van der Waals surface area (Å²) in [4.78, 5) is 0. The van der Waals surface area contributed by atoms with Crippen molar-refractivity contribution in [2.75, 3.05) is 0 Å². The molecule has 0 heterocycles. The smallest absolute Gasteiger partial charge is 0.0574 e. The second kappa shape index (κ2) is 1.76. The summed E-state index contributed by atoms with van der Waals surface area (Å²) in [5, 5.41) is 9.45. The van der Waals surface area contributed by atoms with Crippen LogP contribution in [0.2, 0.25) is 0 Å². The van der Waals surface area contributed by atoms with E-state index in [9.17, 15) is 5.11 Å². The summed E-state index contributed by atoms with van der Waals surface area (Å²) in [6, 6.07) is 0. The van der Waals surface area contributed by atoms with Crippen molar-refractivity contribution >= 4 is 0 Å². The van der Waals surface area contributed by atoms with E-state index in [2.05, 4.69) is 13.8 Å². The third-order valence-corrected chi connectivity index (χ3v) is 3.70. The number of hydrogen-bond donors (Lipinski definition) is 1. The molecule has 3 atom stereocenters. The van der Waals surface area contributed by atoms with Crippen LogP contribution in [0.3, 0.4) is 0 Å². The van der Waals surface area contributed by atoms with Crippen LogP contribution in [-0.4, -0.2) is 11.2 Å². The van der Waals surface area contributed by atoms with Gasteiger partial charge in [-0.25, -0.2) is 0 Å². The van der Waals surface area contributed by atoms with E-state index in [1.54, 1.807) is 0 Å². The highest BCUT2D eigenvalue weighted by Crippen LogP contribution is 2.67. The molecule has 0 saturated heterocycles. The molecule has 58 valence electrons. The van der Waals surface area contributed by atoms with E-state index in [1.807, 2.05) is 0 Å². The largest absolute Gasteiger partial charge is 0.393 e. The maximum absolute atomic E-state index is 9.45. The first-order valence-corrected chi connectivity index (χ1v) is 4.35. The van der Waals surface area contributed by atoms with Crippen LogP contribution in [0, 0.1) is 17.3 Å². The number of aliphatic hydroxyl groups excluding tert-OH is 1. The molecule has 10 heavy (non-hydrogen) atoms. The number of aliphatic hydroxyl groups is 1. The highest BCUT2D eigenvalue weighted by atomic mass is 16.3. The molecule has 2 saturated carbocycles. The fourth-order valence-electron chi connectivity index (χ4n) is 2.73. The summed E-state index contributed by atoms with van der Waals surface area (Å²) < 4.78 is 0. The van der Waals surface area contributed by atoms with Crippen LogP contribution in [0.15, 0.2) is 0 Å². The molecule has 0 bridgehead atoms. The van der Waals surface area contributed by atoms with Gasteiger partial charge in [-0.15, -0.1) is 0 Å². The monoisotopic (exact) mass is 140 g/mol. The molecule has 2 rings (SSSR count). The number of fused-ring (bicyclic) bond motifs is 1. The highest BCUT2D eigenvalue weighted by Gasteiger charge is 2.62. The third-order valence-electron chi connectivity index (χ3n) is 3.70. The first-order valence-electron chi connectivity index (χ1n) is 4.35. The quantitative estimate of drug-likeness (QED) is 0.589. The molecule has 2 aliphatic carbocycles. The van der Waals surface area contributed by atoms with Crippen molar-refractivity contribution in [3.63, 3.8) is 0 Å². The van der Waals surface area contributed by atoms with E-state index in [1.165, 1.54) is 12.8 Å². The van der Waals surface area contributed by atoms with E-state index < -0.39 is 0 Å². The van der Waals surface area contributed by atoms with Gasteiger partial charge in [-0.05, 0) is 36.5 Å². The van der Waals surface area contributed by atoms with Crippen LogP contribution in [-0.2, 0) is 0 Å². The Morgan fingerprint density at radius 2 is 2.20 bits per heavy atom. The Hall–Kier alpha value is -0.0400. The fraction of sp³-hybridized carbons (Fsp3) is 1.00. The summed E-state index contributed by atoms with van der Waals surface area (Å²) in [5.74, 6) is 1.46. The molecule has 2 fully saturated rings. The Balaban J connectivity index is 2.11. The minimum atomic E-state index is 0.0439. The lowest BCUT2D eigenvalue weighted by atomic mass is 9.90. The predicted molar refractivity (Wildman–Crippen MR) is 40.6 cm³/mol. The van der Waals surface area contributed by atoms with Gasteiger partial charge in [0.1, 0.15) is 0 Å². The SMILES string of the molecule is CC(C)[C@@]12CC[C@@H](O)[C@@H]1C2. The van der Waals surface area contributed by atoms with Crippen molar-refractivity contribution in [3.05, 3.63) is 0 Å². The third kappa shape index (κ3) is 0.619. The van der Waals surface area contributed by atoms with Crippen molar-refractivity contribution in [3.8, 4) is 0 Å². The minimum absolute atomic E-state index is 0.0439. The summed E-state index contributed by atoms with van der Waals surface area (Å²) >= 11 is 0. The van der Waals surface area contributed by atoms with Gasteiger partial charge < -0.3 is 5.11 Å². The number of rotatable bonds is 1. The van der Waals surface area contributed by atoms with Gasteiger partial charge in [-0.2, -0.15) is 0 Å². The Morgan fingerprint density at radius 1 is 1.50 bits per heavy atom. The molecule has 1 nitrogen and oxygen atoms in total. The van der Waals surface area contributed by atoms with Crippen LogP contribution < -0.4 is 0 Å². The molecule has 0 aromatic carbocycles. The standard InChI is InChI=1S/C9H16O/c1-6(2)9-4-3-8(10)7(9)5-9/h6-8,10H,3-5H2,1-2H3/t7-,8+,9-/m0/s1. The molecule has 0 unspecified atom stereocenters. The lowest BCUT2D eigenvalue weighted by molar-refractivity contribution is 0.157. The van der Waals surface area contributed by atoms with Crippen molar-refractivity contribution in [2.45, 2.75) is 39.2 Å². The minimum Gasteiger partial charge on any atom is -0.393 e. The van der Waals surface area contributed by atoms with Gasteiger partial charge in [0.2, 0.25) is 0 Å². The van der Waals surface area contributed by atoms with Gasteiger partial charge in [0.05, 0.1) is 6.10 Å². The normalized spacial score (nSPS) is 51.6. The van der Waals surface area contributed by atoms with E-state index in [4.69, 9.17) is 0 Å². The van der Waals surface area contributed by atoms with Crippen LogP contribution >= 0.6 is 0 Å². The highest BCUT2D eigenvalue weighted by molar-refractivity contribution is 5.11. The zero-order valence-corrected chi connectivity index (χ0v) is 6.80. The number of hydrogen-bond acceptors (Lipinski definition) is 1. The molecule has 0 amide bonds. The molecule has 0 aromatic heterocycles. The molecule has 0 spiro atoms. The molecule has 0 aliphatic heterocycles. The van der Waals surface area contributed by atoms with Gasteiger partial charge in [-0.3, -0.25) is 0 Å². The molecule has 1 N–H and O–H groups in total. The first kappa shape index (κ1) is 6.66. The van der Waals surface area contributed by atoms with E-state index in [0.29, 0.717) is 11.3 Å². The molecular formula is C9H16O. The molecule has 0 radical (unpaired) electrons. The fourth-order valence-corrected chi connectivity index (χ4v) is 2.73. The lowest BCUT2D eigenvalue weighted by Crippen LogP contribution is -2.08. The van der Waals surface area contributed by atoms with E-state index in [-0.39, 0.29) is 6.10 Å².